The summed E-state index contributed by atoms with van der Waals surface area (Å²) >= 11 is 7.18. The molecule has 1 aromatic heterocycles. The third kappa shape index (κ3) is 4.53. The van der Waals surface area contributed by atoms with Crippen molar-refractivity contribution in [3.63, 3.8) is 0 Å². The number of imide groups is 1. The van der Waals surface area contributed by atoms with Crippen molar-refractivity contribution < 1.29 is 19.1 Å². The number of carbonyl (C=O) groups excluding carboxylic acids is 3. The van der Waals surface area contributed by atoms with Crippen molar-refractivity contribution in [3.8, 4) is 10.6 Å². The largest absolute Gasteiger partial charge is 0.448 e. The van der Waals surface area contributed by atoms with Gasteiger partial charge in [0, 0.05) is 23.0 Å². The van der Waals surface area contributed by atoms with E-state index in [1.165, 1.54) is 30.7 Å². The predicted octanol–water partition coefficient (Wildman–Crippen LogP) is 2.46. The van der Waals surface area contributed by atoms with Crippen LogP contribution in [-0.4, -0.2) is 36.0 Å². The second-order valence-corrected chi connectivity index (χ2v) is 5.96. The van der Waals surface area contributed by atoms with Crippen molar-refractivity contribution in [3.05, 3.63) is 40.4 Å². The summed E-state index contributed by atoms with van der Waals surface area (Å²) in [6, 6.07) is 6.39. The zero-order chi connectivity index (χ0) is 17.7. The van der Waals surface area contributed by atoms with E-state index < -0.39 is 24.0 Å². The topological polar surface area (TPSA) is 97.4 Å². The van der Waals surface area contributed by atoms with Crippen LogP contribution >= 0.6 is 22.9 Å². The zero-order valence-electron chi connectivity index (χ0n) is 12.8. The van der Waals surface area contributed by atoms with Crippen molar-refractivity contribution in [2.75, 3.05) is 7.05 Å². The average Bonchev–Trinajstić information content (AvgIpc) is 3.04. The van der Waals surface area contributed by atoms with Gasteiger partial charge in [0.2, 0.25) is 0 Å². The van der Waals surface area contributed by atoms with Crippen LogP contribution < -0.4 is 10.6 Å². The number of carbonyl (C=O) groups is 3. The molecule has 0 spiro atoms. The highest BCUT2D eigenvalue weighted by atomic mass is 35.5. The summed E-state index contributed by atoms with van der Waals surface area (Å²) in [6.45, 7) is 1.36. The number of nitrogens with one attached hydrogen (secondary N) is 2. The van der Waals surface area contributed by atoms with Gasteiger partial charge in [0.05, 0.1) is 0 Å². The van der Waals surface area contributed by atoms with Crippen molar-refractivity contribution in [2.24, 2.45) is 0 Å². The fraction of sp³-hybridized carbons (Fsp3) is 0.200. The molecule has 1 aromatic carbocycles. The molecule has 1 atom stereocenters. The summed E-state index contributed by atoms with van der Waals surface area (Å²) in [5, 5.41) is 6.95. The summed E-state index contributed by atoms with van der Waals surface area (Å²) in [5.74, 6) is -1.48. The normalized spacial score (nSPS) is 11.5. The molecule has 24 heavy (non-hydrogen) atoms. The highest BCUT2D eigenvalue weighted by Crippen LogP contribution is 2.26. The van der Waals surface area contributed by atoms with Gasteiger partial charge >= 0.3 is 12.0 Å². The molecular weight excluding hydrogens is 354 g/mol. The van der Waals surface area contributed by atoms with Gasteiger partial charge in [-0.05, 0) is 19.1 Å². The molecule has 0 radical (unpaired) electrons. The number of hydrogen-bond acceptors (Lipinski definition) is 6. The number of ether oxygens (including phenoxy) is 1. The van der Waals surface area contributed by atoms with Crippen LogP contribution in [0.1, 0.15) is 17.4 Å². The lowest BCUT2D eigenvalue weighted by Crippen LogP contribution is -2.43. The highest BCUT2D eigenvalue weighted by Gasteiger charge is 2.22. The molecule has 0 bridgehead atoms. The average molecular weight is 368 g/mol. The molecule has 0 fully saturated rings. The van der Waals surface area contributed by atoms with Crippen molar-refractivity contribution in [2.45, 2.75) is 13.0 Å². The molecule has 0 aliphatic rings. The quantitative estimate of drug-likeness (QED) is 0.809. The number of aromatic nitrogens is 1. The SMILES string of the molecule is CNC(=O)NC(=O)[C@H](C)OC(=O)c1csc(-c2cccc(Cl)c2)n1. The van der Waals surface area contributed by atoms with Crippen LogP contribution in [-0.2, 0) is 9.53 Å². The molecule has 2 rings (SSSR count). The van der Waals surface area contributed by atoms with Gasteiger partial charge in [0.1, 0.15) is 5.01 Å². The van der Waals surface area contributed by atoms with Crippen molar-refractivity contribution in [1.82, 2.24) is 15.6 Å². The lowest BCUT2D eigenvalue weighted by molar-refractivity contribution is -0.127. The number of rotatable bonds is 4. The second-order valence-electron chi connectivity index (χ2n) is 4.66. The van der Waals surface area contributed by atoms with E-state index >= 15 is 0 Å². The van der Waals surface area contributed by atoms with Crippen LogP contribution in [0, 0.1) is 0 Å². The van der Waals surface area contributed by atoms with Crippen LogP contribution in [0.5, 0.6) is 0 Å². The first-order chi connectivity index (χ1) is 11.4. The standard InChI is InChI=1S/C15H14ClN3O4S/c1-8(12(20)19-15(22)17-2)23-14(21)11-7-24-13(18-11)9-4-3-5-10(16)6-9/h3-8H,1-2H3,(H2,17,19,20,22)/t8-/m0/s1. The third-order valence-corrected chi connectivity index (χ3v) is 4.03. The van der Waals surface area contributed by atoms with Crippen molar-refractivity contribution >= 4 is 40.8 Å². The first-order valence-corrected chi connectivity index (χ1v) is 8.11. The Morgan fingerprint density at radius 1 is 1.33 bits per heavy atom. The van der Waals surface area contributed by atoms with Gasteiger partial charge < -0.3 is 10.1 Å². The Balaban J connectivity index is 2.03. The summed E-state index contributed by atoms with van der Waals surface area (Å²) in [6.07, 6.45) is -1.13. The number of benzene rings is 1. The Hall–Kier alpha value is -2.45. The Morgan fingerprint density at radius 2 is 2.08 bits per heavy atom. The van der Waals surface area contributed by atoms with E-state index in [1.807, 2.05) is 11.4 Å². The lowest BCUT2D eigenvalue weighted by Gasteiger charge is -2.11. The van der Waals surface area contributed by atoms with Crippen LogP contribution in [0.4, 0.5) is 4.79 Å². The van der Waals surface area contributed by atoms with Gasteiger partial charge in [-0.3, -0.25) is 10.1 Å². The number of amides is 3. The molecule has 0 aliphatic carbocycles. The second kappa shape index (κ2) is 7.89. The van der Waals surface area contributed by atoms with E-state index in [0.29, 0.717) is 10.0 Å². The molecule has 1 heterocycles. The molecular formula is C15H14ClN3O4S. The molecule has 2 N–H and O–H groups in total. The maximum absolute atomic E-state index is 12.0. The van der Waals surface area contributed by atoms with Gasteiger partial charge in [-0.25, -0.2) is 14.6 Å². The van der Waals surface area contributed by atoms with E-state index in [0.717, 1.165) is 5.56 Å². The number of thiazole rings is 1. The fourth-order valence-electron chi connectivity index (χ4n) is 1.67. The molecule has 0 aliphatic heterocycles. The highest BCUT2D eigenvalue weighted by molar-refractivity contribution is 7.13. The molecule has 0 unspecified atom stereocenters. The minimum absolute atomic E-state index is 0.0783. The monoisotopic (exact) mass is 367 g/mol. The lowest BCUT2D eigenvalue weighted by atomic mass is 10.2. The van der Waals surface area contributed by atoms with E-state index in [4.69, 9.17) is 16.3 Å². The van der Waals surface area contributed by atoms with Crippen LogP contribution in [0.3, 0.4) is 0 Å². The summed E-state index contributed by atoms with van der Waals surface area (Å²) < 4.78 is 5.00. The first kappa shape index (κ1) is 17.9. The molecule has 0 saturated carbocycles. The van der Waals surface area contributed by atoms with E-state index in [2.05, 4.69) is 10.3 Å². The number of esters is 1. The molecule has 0 saturated heterocycles. The van der Waals surface area contributed by atoms with Crippen molar-refractivity contribution in [1.29, 1.82) is 0 Å². The van der Waals surface area contributed by atoms with E-state index in [9.17, 15) is 14.4 Å². The van der Waals surface area contributed by atoms with Gasteiger partial charge in [-0.15, -0.1) is 11.3 Å². The van der Waals surface area contributed by atoms with Gasteiger partial charge in [-0.2, -0.15) is 0 Å². The van der Waals surface area contributed by atoms with Gasteiger partial charge in [0.15, 0.2) is 11.8 Å². The molecule has 3 amide bonds. The molecule has 126 valence electrons. The molecule has 9 heteroatoms. The smallest absolute Gasteiger partial charge is 0.358 e. The maximum Gasteiger partial charge on any atom is 0.358 e. The van der Waals surface area contributed by atoms with Crippen LogP contribution in [0.15, 0.2) is 29.6 Å². The maximum atomic E-state index is 12.0. The summed E-state index contributed by atoms with van der Waals surface area (Å²) in [7, 11) is 1.37. The zero-order valence-corrected chi connectivity index (χ0v) is 14.4. The number of hydrogen-bond donors (Lipinski definition) is 2. The number of halogens is 1. The van der Waals surface area contributed by atoms with Gasteiger partial charge in [-0.1, -0.05) is 23.7 Å². The Kier molecular flexibility index (Phi) is 5.88. The van der Waals surface area contributed by atoms with E-state index in [1.54, 1.807) is 18.2 Å². The van der Waals surface area contributed by atoms with Gasteiger partial charge in [0.25, 0.3) is 5.91 Å². The predicted molar refractivity (Wildman–Crippen MR) is 90.0 cm³/mol. The minimum Gasteiger partial charge on any atom is -0.448 e. The third-order valence-electron chi connectivity index (χ3n) is 2.90. The first-order valence-electron chi connectivity index (χ1n) is 6.85. The minimum atomic E-state index is -1.13. The van der Waals surface area contributed by atoms with Crippen LogP contribution in [0.2, 0.25) is 5.02 Å². The van der Waals surface area contributed by atoms with Crippen LogP contribution in [0.25, 0.3) is 10.6 Å². The Bertz CT molecular complexity index is 778. The number of urea groups is 1. The fourth-order valence-corrected chi connectivity index (χ4v) is 2.65. The molecule has 7 nitrogen and oxygen atoms in total. The number of nitrogens with zero attached hydrogens (tertiary/aromatic N) is 1. The Morgan fingerprint density at radius 3 is 2.75 bits per heavy atom. The summed E-state index contributed by atoms with van der Waals surface area (Å²) in [4.78, 5) is 39.0. The van der Waals surface area contributed by atoms with E-state index in [-0.39, 0.29) is 5.69 Å². The Labute approximate surface area is 147 Å². The molecule has 2 aromatic rings. The summed E-state index contributed by atoms with van der Waals surface area (Å²) in [5.41, 5.74) is 0.853.